The average Bonchev–Trinajstić information content (AvgIpc) is 3.01. The molecule has 1 saturated heterocycles. The summed E-state index contributed by atoms with van der Waals surface area (Å²) in [5, 5.41) is 20.0. The van der Waals surface area contributed by atoms with Gasteiger partial charge < -0.3 is 10.2 Å². The summed E-state index contributed by atoms with van der Waals surface area (Å²) in [6, 6.07) is 3.68. The van der Waals surface area contributed by atoms with Gasteiger partial charge in [0, 0.05) is 19.0 Å². The van der Waals surface area contributed by atoms with Crippen LogP contribution < -0.4 is 0 Å². The first-order valence-corrected chi connectivity index (χ1v) is 10.3. The van der Waals surface area contributed by atoms with E-state index in [0.29, 0.717) is 19.4 Å². The molecular weight excluding hydrogens is 366 g/mol. The molecule has 6 nitrogen and oxygen atoms in total. The molecule has 2 fully saturated rings. The molecule has 0 unspecified atom stereocenters. The Morgan fingerprint density at radius 1 is 1.40 bits per heavy atom. The monoisotopic (exact) mass is 387 g/mol. The van der Waals surface area contributed by atoms with E-state index in [2.05, 4.69) is 0 Å². The molecular formula is C17H22ClNO5S. The topological polar surface area (TPSA) is 94.9 Å². The highest BCUT2D eigenvalue weighted by molar-refractivity contribution is 7.89. The molecule has 1 aromatic carbocycles. The quantitative estimate of drug-likeness (QED) is 0.827. The summed E-state index contributed by atoms with van der Waals surface area (Å²) in [7, 11) is -3.92. The van der Waals surface area contributed by atoms with Crippen LogP contribution in [0.3, 0.4) is 0 Å². The normalized spacial score (nSPS) is 30.2. The fraction of sp³-hybridized carbons (Fsp3) is 0.588. The van der Waals surface area contributed by atoms with Crippen molar-refractivity contribution in [2.75, 3.05) is 13.1 Å². The number of halogens is 1. The number of carbonyl (C=O) groups is 1. The first kappa shape index (κ1) is 18.6. The van der Waals surface area contributed by atoms with Crippen LogP contribution in [0.15, 0.2) is 23.1 Å². The van der Waals surface area contributed by atoms with Gasteiger partial charge in [-0.05, 0) is 43.4 Å². The SMILES string of the molecule is CC[C@@]1(O)CCC[C@@H]2CN(S(=O)(=O)c3cc(C(=O)O)ccc3Cl)C[C@@H]21. The molecule has 1 heterocycles. The van der Waals surface area contributed by atoms with E-state index in [1.165, 1.54) is 16.4 Å². The molecule has 2 aliphatic rings. The maximum absolute atomic E-state index is 13.0. The van der Waals surface area contributed by atoms with Crippen LogP contribution in [0, 0.1) is 11.8 Å². The van der Waals surface area contributed by atoms with Gasteiger partial charge in [0.25, 0.3) is 0 Å². The van der Waals surface area contributed by atoms with Crippen molar-refractivity contribution >= 4 is 27.6 Å². The third-order valence-electron chi connectivity index (χ3n) is 5.69. The fourth-order valence-electron chi connectivity index (χ4n) is 4.20. The predicted molar refractivity (Wildman–Crippen MR) is 93.2 cm³/mol. The van der Waals surface area contributed by atoms with E-state index in [1.54, 1.807) is 0 Å². The Bertz CT molecular complexity index is 796. The minimum atomic E-state index is -3.92. The molecule has 0 bridgehead atoms. The van der Waals surface area contributed by atoms with Gasteiger partial charge in [-0.25, -0.2) is 13.2 Å². The molecule has 3 rings (SSSR count). The zero-order valence-electron chi connectivity index (χ0n) is 14.0. The van der Waals surface area contributed by atoms with Crippen LogP contribution in [0.5, 0.6) is 0 Å². The second-order valence-electron chi connectivity index (χ2n) is 6.99. The summed E-state index contributed by atoms with van der Waals surface area (Å²) in [5.41, 5.74) is -0.954. The van der Waals surface area contributed by atoms with E-state index < -0.39 is 21.6 Å². The Kier molecular flexibility index (Phi) is 4.87. The van der Waals surface area contributed by atoms with Crippen LogP contribution in [0.25, 0.3) is 0 Å². The fourth-order valence-corrected chi connectivity index (χ4v) is 6.22. The molecule has 25 heavy (non-hydrogen) atoms. The maximum atomic E-state index is 13.0. The van der Waals surface area contributed by atoms with Crippen molar-refractivity contribution in [2.24, 2.45) is 11.8 Å². The van der Waals surface area contributed by atoms with Crippen molar-refractivity contribution in [1.82, 2.24) is 4.31 Å². The highest BCUT2D eigenvalue weighted by atomic mass is 35.5. The van der Waals surface area contributed by atoms with E-state index in [-0.39, 0.29) is 33.9 Å². The van der Waals surface area contributed by atoms with Gasteiger partial charge in [0.05, 0.1) is 16.2 Å². The molecule has 3 atom stereocenters. The van der Waals surface area contributed by atoms with E-state index in [0.717, 1.165) is 18.9 Å². The maximum Gasteiger partial charge on any atom is 0.335 e. The number of rotatable bonds is 4. The van der Waals surface area contributed by atoms with E-state index >= 15 is 0 Å². The number of carboxylic acid groups (broad SMARTS) is 1. The summed E-state index contributed by atoms with van der Waals surface area (Å²) in [4.78, 5) is 11.0. The summed E-state index contributed by atoms with van der Waals surface area (Å²) in [6.45, 7) is 2.50. The lowest BCUT2D eigenvalue weighted by atomic mass is 9.69. The lowest BCUT2D eigenvalue weighted by molar-refractivity contribution is -0.0605. The minimum Gasteiger partial charge on any atom is -0.478 e. The number of sulfonamides is 1. The molecule has 8 heteroatoms. The highest BCUT2D eigenvalue weighted by Crippen LogP contribution is 2.45. The largest absolute Gasteiger partial charge is 0.478 e. The van der Waals surface area contributed by atoms with Gasteiger partial charge in [-0.1, -0.05) is 24.9 Å². The number of carboxylic acids is 1. The lowest BCUT2D eigenvalue weighted by Crippen LogP contribution is -2.44. The Morgan fingerprint density at radius 2 is 2.12 bits per heavy atom. The molecule has 1 aromatic rings. The third-order valence-corrected chi connectivity index (χ3v) is 8.00. The van der Waals surface area contributed by atoms with Gasteiger partial charge in [-0.2, -0.15) is 4.31 Å². The van der Waals surface area contributed by atoms with Crippen molar-refractivity contribution in [2.45, 2.75) is 43.1 Å². The van der Waals surface area contributed by atoms with Crippen molar-refractivity contribution < 1.29 is 23.4 Å². The van der Waals surface area contributed by atoms with E-state index in [1.807, 2.05) is 6.92 Å². The van der Waals surface area contributed by atoms with Gasteiger partial charge in [0.1, 0.15) is 4.90 Å². The number of benzene rings is 1. The molecule has 0 aromatic heterocycles. The molecule has 1 aliphatic carbocycles. The number of hydrogen-bond donors (Lipinski definition) is 2. The van der Waals surface area contributed by atoms with Gasteiger partial charge in [-0.3, -0.25) is 0 Å². The molecule has 138 valence electrons. The minimum absolute atomic E-state index is 0.00521. The molecule has 0 amide bonds. The standard InChI is InChI=1S/C17H22ClNO5S/c1-2-17(22)7-3-4-12-9-19(10-13(12)17)25(23,24)15-8-11(16(20)21)5-6-14(15)18/h5-6,8,12-13,22H,2-4,7,9-10H2,1H3,(H,20,21)/t12-,13+,17-/m1/s1. The van der Waals surface area contributed by atoms with E-state index in [4.69, 9.17) is 16.7 Å². The summed E-state index contributed by atoms with van der Waals surface area (Å²) >= 11 is 6.05. The Morgan fingerprint density at radius 3 is 2.76 bits per heavy atom. The number of hydrogen-bond acceptors (Lipinski definition) is 4. The summed E-state index contributed by atoms with van der Waals surface area (Å²) < 4.78 is 27.4. The number of aliphatic hydroxyl groups is 1. The zero-order chi connectivity index (χ0) is 18.4. The van der Waals surface area contributed by atoms with Crippen LogP contribution in [-0.4, -0.2) is 47.6 Å². The first-order chi connectivity index (χ1) is 11.7. The number of fused-ring (bicyclic) bond motifs is 1. The Labute approximate surface area is 152 Å². The van der Waals surface area contributed by atoms with Gasteiger partial charge in [-0.15, -0.1) is 0 Å². The molecule has 1 saturated carbocycles. The zero-order valence-corrected chi connectivity index (χ0v) is 15.6. The Hall–Kier alpha value is -1.15. The summed E-state index contributed by atoms with van der Waals surface area (Å²) in [5.74, 6) is -1.18. The average molecular weight is 388 g/mol. The molecule has 0 radical (unpaired) electrons. The van der Waals surface area contributed by atoms with Gasteiger partial charge >= 0.3 is 5.97 Å². The Balaban J connectivity index is 1.94. The van der Waals surface area contributed by atoms with Gasteiger partial charge in [0.2, 0.25) is 10.0 Å². The van der Waals surface area contributed by atoms with Crippen LogP contribution in [-0.2, 0) is 10.0 Å². The number of nitrogens with zero attached hydrogens (tertiary/aromatic N) is 1. The third kappa shape index (κ3) is 3.18. The van der Waals surface area contributed by atoms with Crippen LogP contribution in [0.1, 0.15) is 43.0 Å². The highest BCUT2D eigenvalue weighted by Gasteiger charge is 2.50. The van der Waals surface area contributed by atoms with Crippen molar-refractivity contribution in [1.29, 1.82) is 0 Å². The lowest BCUT2D eigenvalue weighted by Gasteiger charge is -2.40. The van der Waals surface area contributed by atoms with Crippen molar-refractivity contribution in [3.8, 4) is 0 Å². The molecule has 2 N–H and O–H groups in total. The van der Waals surface area contributed by atoms with E-state index in [9.17, 15) is 18.3 Å². The number of aromatic carboxylic acids is 1. The van der Waals surface area contributed by atoms with Crippen molar-refractivity contribution in [3.63, 3.8) is 0 Å². The van der Waals surface area contributed by atoms with Crippen molar-refractivity contribution in [3.05, 3.63) is 28.8 Å². The second kappa shape index (κ2) is 6.54. The molecule has 0 spiro atoms. The smallest absolute Gasteiger partial charge is 0.335 e. The van der Waals surface area contributed by atoms with Crippen LogP contribution >= 0.6 is 11.6 Å². The second-order valence-corrected chi connectivity index (χ2v) is 9.30. The molecule has 1 aliphatic heterocycles. The first-order valence-electron chi connectivity index (χ1n) is 8.44. The predicted octanol–water partition coefficient (Wildman–Crippen LogP) is 2.60. The van der Waals surface area contributed by atoms with Crippen LogP contribution in [0.2, 0.25) is 5.02 Å². The van der Waals surface area contributed by atoms with Crippen LogP contribution in [0.4, 0.5) is 0 Å². The summed E-state index contributed by atoms with van der Waals surface area (Å²) in [6.07, 6.45) is 3.06. The van der Waals surface area contributed by atoms with Gasteiger partial charge in [0.15, 0.2) is 0 Å².